The highest BCUT2D eigenvalue weighted by Gasteiger charge is 2.31. The fraction of sp³-hybridized carbons (Fsp3) is 0.500. The fourth-order valence-electron chi connectivity index (χ4n) is 1.82. The van der Waals surface area contributed by atoms with E-state index >= 15 is 0 Å². The summed E-state index contributed by atoms with van der Waals surface area (Å²) in [7, 11) is 0. The summed E-state index contributed by atoms with van der Waals surface area (Å²) in [5.41, 5.74) is 1.09. The highest BCUT2D eigenvalue weighted by Crippen LogP contribution is 2.29. The second-order valence-electron chi connectivity index (χ2n) is 4.83. The molecule has 0 bridgehead atoms. The van der Waals surface area contributed by atoms with Crippen LogP contribution in [-0.4, -0.2) is 23.2 Å². The van der Waals surface area contributed by atoms with Crippen molar-refractivity contribution in [3.05, 3.63) is 35.9 Å². The van der Waals surface area contributed by atoms with Crippen LogP contribution in [-0.2, 0) is 11.2 Å². The molecule has 1 aromatic carbocycles. The van der Waals surface area contributed by atoms with Crippen LogP contribution >= 0.6 is 0 Å². The van der Waals surface area contributed by atoms with Crippen LogP contribution < -0.4 is 5.32 Å². The lowest BCUT2D eigenvalue weighted by molar-refractivity contribution is -0.123. The van der Waals surface area contributed by atoms with E-state index in [4.69, 9.17) is 0 Å². The standard InChI is InChI=1S/C14H19NO2/c1-10(15-14(17)12-7-8-12)13(16)9-11-5-3-2-4-6-11/h2-6,10,12-13,16H,7-9H2,1H3,(H,15,17). The van der Waals surface area contributed by atoms with Crippen LogP contribution in [0.25, 0.3) is 0 Å². The molecule has 0 aliphatic heterocycles. The SMILES string of the molecule is CC(NC(=O)C1CC1)C(O)Cc1ccccc1. The number of benzene rings is 1. The molecule has 0 aromatic heterocycles. The Bertz CT molecular complexity index is 373. The molecular weight excluding hydrogens is 214 g/mol. The first-order valence-corrected chi connectivity index (χ1v) is 6.19. The number of rotatable bonds is 5. The number of hydrogen-bond acceptors (Lipinski definition) is 2. The minimum absolute atomic E-state index is 0.0876. The summed E-state index contributed by atoms with van der Waals surface area (Å²) < 4.78 is 0. The molecule has 1 saturated carbocycles. The number of amides is 1. The first-order chi connectivity index (χ1) is 8.16. The molecule has 1 aliphatic rings. The largest absolute Gasteiger partial charge is 0.391 e. The lowest BCUT2D eigenvalue weighted by atomic mass is 10.0. The van der Waals surface area contributed by atoms with Crippen molar-refractivity contribution in [2.45, 2.75) is 38.3 Å². The first kappa shape index (κ1) is 12.1. The zero-order valence-corrected chi connectivity index (χ0v) is 10.1. The maximum absolute atomic E-state index is 11.6. The quantitative estimate of drug-likeness (QED) is 0.810. The van der Waals surface area contributed by atoms with Gasteiger partial charge in [0.1, 0.15) is 0 Å². The molecule has 0 heterocycles. The Labute approximate surface area is 102 Å². The zero-order valence-electron chi connectivity index (χ0n) is 10.1. The predicted octanol–water partition coefficient (Wildman–Crippen LogP) is 1.50. The van der Waals surface area contributed by atoms with Crippen LogP contribution in [0.3, 0.4) is 0 Å². The molecule has 92 valence electrons. The molecule has 1 fully saturated rings. The van der Waals surface area contributed by atoms with Crippen LogP contribution in [0.5, 0.6) is 0 Å². The van der Waals surface area contributed by atoms with Gasteiger partial charge in [0.05, 0.1) is 12.1 Å². The summed E-state index contributed by atoms with van der Waals surface area (Å²) in [6, 6.07) is 9.64. The van der Waals surface area contributed by atoms with E-state index in [-0.39, 0.29) is 17.9 Å². The van der Waals surface area contributed by atoms with Gasteiger partial charge < -0.3 is 10.4 Å². The predicted molar refractivity (Wildman–Crippen MR) is 66.5 cm³/mol. The van der Waals surface area contributed by atoms with Crippen LogP contribution in [0.1, 0.15) is 25.3 Å². The molecule has 17 heavy (non-hydrogen) atoms. The average molecular weight is 233 g/mol. The number of nitrogens with one attached hydrogen (secondary N) is 1. The van der Waals surface area contributed by atoms with Crippen molar-refractivity contribution in [2.24, 2.45) is 5.92 Å². The van der Waals surface area contributed by atoms with Crippen LogP contribution in [0, 0.1) is 5.92 Å². The topological polar surface area (TPSA) is 49.3 Å². The van der Waals surface area contributed by atoms with E-state index in [9.17, 15) is 9.90 Å². The molecule has 3 nitrogen and oxygen atoms in total. The minimum atomic E-state index is -0.528. The number of aliphatic hydroxyl groups excluding tert-OH is 1. The van der Waals surface area contributed by atoms with E-state index in [1.807, 2.05) is 37.3 Å². The van der Waals surface area contributed by atoms with Gasteiger partial charge in [-0.15, -0.1) is 0 Å². The van der Waals surface area contributed by atoms with E-state index < -0.39 is 6.10 Å². The highest BCUT2D eigenvalue weighted by atomic mass is 16.3. The smallest absolute Gasteiger partial charge is 0.223 e. The van der Waals surface area contributed by atoms with E-state index in [0.29, 0.717) is 6.42 Å². The van der Waals surface area contributed by atoms with Crippen molar-refractivity contribution in [1.29, 1.82) is 0 Å². The lowest BCUT2D eigenvalue weighted by Gasteiger charge is -2.20. The van der Waals surface area contributed by atoms with Gasteiger partial charge in [-0.2, -0.15) is 0 Å². The van der Waals surface area contributed by atoms with Crippen LogP contribution in [0.4, 0.5) is 0 Å². The van der Waals surface area contributed by atoms with Crippen molar-refractivity contribution < 1.29 is 9.90 Å². The lowest BCUT2D eigenvalue weighted by Crippen LogP contribution is -2.42. The van der Waals surface area contributed by atoms with Crippen molar-refractivity contribution in [2.75, 3.05) is 0 Å². The first-order valence-electron chi connectivity index (χ1n) is 6.19. The normalized spacial score (nSPS) is 18.5. The fourth-order valence-corrected chi connectivity index (χ4v) is 1.82. The van der Waals surface area contributed by atoms with E-state index in [1.54, 1.807) is 0 Å². The number of aliphatic hydroxyl groups is 1. The molecule has 1 aromatic rings. The van der Waals surface area contributed by atoms with E-state index in [1.165, 1.54) is 0 Å². The van der Waals surface area contributed by atoms with Crippen molar-refractivity contribution in [3.63, 3.8) is 0 Å². The Kier molecular flexibility index (Phi) is 3.79. The molecule has 0 spiro atoms. The monoisotopic (exact) mass is 233 g/mol. The molecule has 1 aliphatic carbocycles. The Morgan fingerprint density at radius 2 is 2.06 bits per heavy atom. The van der Waals surface area contributed by atoms with Gasteiger partial charge in [-0.05, 0) is 25.3 Å². The minimum Gasteiger partial charge on any atom is -0.391 e. The second kappa shape index (κ2) is 5.32. The third kappa shape index (κ3) is 3.56. The summed E-state index contributed by atoms with van der Waals surface area (Å²) in [6.45, 7) is 1.86. The van der Waals surface area contributed by atoms with Crippen LogP contribution in [0.15, 0.2) is 30.3 Å². The van der Waals surface area contributed by atoms with Gasteiger partial charge in [0, 0.05) is 12.3 Å². The summed E-state index contributed by atoms with van der Waals surface area (Å²) in [5, 5.41) is 12.9. The summed E-state index contributed by atoms with van der Waals surface area (Å²) in [4.78, 5) is 11.6. The molecule has 1 amide bonds. The Morgan fingerprint density at radius 1 is 1.41 bits per heavy atom. The molecule has 0 radical (unpaired) electrons. The number of carbonyl (C=O) groups is 1. The van der Waals surface area contributed by atoms with Crippen molar-refractivity contribution in [3.8, 4) is 0 Å². The Hall–Kier alpha value is -1.35. The second-order valence-corrected chi connectivity index (χ2v) is 4.83. The van der Waals surface area contributed by atoms with Gasteiger partial charge in [-0.3, -0.25) is 4.79 Å². The molecule has 2 unspecified atom stereocenters. The van der Waals surface area contributed by atoms with Gasteiger partial charge in [-0.25, -0.2) is 0 Å². The average Bonchev–Trinajstić information content (AvgIpc) is 3.14. The van der Waals surface area contributed by atoms with Gasteiger partial charge >= 0.3 is 0 Å². The number of hydrogen-bond donors (Lipinski definition) is 2. The van der Waals surface area contributed by atoms with Gasteiger partial charge in [-0.1, -0.05) is 30.3 Å². The molecule has 0 saturated heterocycles. The Morgan fingerprint density at radius 3 is 2.65 bits per heavy atom. The van der Waals surface area contributed by atoms with E-state index in [0.717, 1.165) is 18.4 Å². The van der Waals surface area contributed by atoms with Crippen molar-refractivity contribution >= 4 is 5.91 Å². The summed E-state index contributed by atoms with van der Waals surface area (Å²) >= 11 is 0. The van der Waals surface area contributed by atoms with Gasteiger partial charge in [0.25, 0.3) is 0 Å². The maximum atomic E-state index is 11.6. The summed E-state index contributed by atoms with van der Waals surface area (Å²) in [5.74, 6) is 0.283. The number of carbonyl (C=O) groups excluding carboxylic acids is 1. The summed E-state index contributed by atoms with van der Waals surface area (Å²) in [6.07, 6.45) is 2.04. The molecule has 2 N–H and O–H groups in total. The molecule has 2 atom stereocenters. The molecule has 2 rings (SSSR count). The molecule has 3 heteroatoms. The van der Waals surface area contributed by atoms with Crippen molar-refractivity contribution in [1.82, 2.24) is 5.32 Å². The van der Waals surface area contributed by atoms with Gasteiger partial charge in [0.2, 0.25) is 5.91 Å². The van der Waals surface area contributed by atoms with Gasteiger partial charge in [0.15, 0.2) is 0 Å². The third-order valence-electron chi connectivity index (χ3n) is 3.18. The molecular formula is C14H19NO2. The third-order valence-corrected chi connectivity index (χ3v) is 3.18. The Balaban J connectivity index is 1.82. The van der Waals surface area contributed by atoms with Crippen LogP contribution in [0.2, 0.25) is 0 Å². The highest BCUT2D eigenvalue weighted by molar-refractivity contribution is 5.81. The zero-order chi connectivity index (χ0) is 12.3. The van der Waals surface area contributed by atoms with E-state index in [2.05, 4.69) is 5.32 Å². The maximum Gasteiger partial charge on any atom is 0.223 e.